The average Bonchev–Trinajstić information content (AvgIpc) is 2.55. The van der Waals surface area contributed by atoms with Crippen molar-refractivity contribution in [3.05, 3.63) is 61.7 Å². The van der Waals surface area contributed by atoms with Crippen molar-refractivity contribution in [2.24, 2.45) is 0 Å². The van der Waals surface area contributed by atoms with Gasteiger partial charge in [0.05, 0.1) is 0 Å². The highest BCUT2D eigenvalue weighted by atomic mass is 16.5. The molecule has 0 bridgehead atoms. The van der Waals surface area contributed by atoms with Crippen LogP contribution in [0.3, 0.4) is 0 Å². The maximum Gasteiger partial charge on any atom is 0.335 e. The largest absolute Gasteiger partial charge is 0.423 e. The third kappa shape index (κ3) is 3.80. The van der Waals surface area contributed by atoms with E-state index in [0.29, 0.717) is 22.5 Å². The second kappa shape index (κ2) is 7.15. The summed E-state index contributed by atoms with van der Waals surface area (Å²) >= 11 is 0. The number of nitrogens with two attached hydrogens (primary N) is 2. The van der Waals surface area contributed by atoms with Crippen LogP contribution in [0.25, 0.3) is 11.1 Å². The van der Waals surface area contributed by atoms with Gasteiger partial charge in [-0.3, -0.25) is 0 Å². The van der Waals surface area contributed by atoms with Gasteiger partial charge in [-0.25, -0.2) is 9.59 Å². The molecule has 0 atom stereocenters. The molecule has 0 spiro atoms. The smallest absolute Gasteiger partial charge is 0.335 e. The standard InChI is InChI=1S/C18H16N2O4/c1-3-17(21)23-15-9-11(19)5-7-13(15)14-8-6-12(20)10-16(14)24-18(22)4-2/h3-10H,1-2,19-20H2. The molecule has 0 amide bonds. The van der Waals surface area contributed by atoms with Crippen LogP contribution in [0.1, 0.15) is 0 Å². The second-order valence-electron chi connectivity index (χ2n) is 4.76. The van der Waals surface area contributed by atoms with E-state index in [1.54, 1.807) is 24.3 Å². The third-order valence-electron chi connectivity index (χ3n) is 3.06. The fraction of sp³-hybridized carbons (Fsp3) is 0. The highest BCUT2D eigenvalue weighted by molar-refractivity contribution is 5.89. The molecular weight excluding hydrogens is 308 g/mol. The lowest BCUT2D eigenvalue weighted by Crippen LogP contribution is -2.07. The molecule has 0 aromatic heterocycles. The molecule has 0 aliphatic heterocycles. The average molecular weight is 324 g/mol. The van der Waals surface area contributed by atoms with Crippen LogP contribution in [0.4, 0.5) is 11.4 Å². The summed E-state index contributed by atoms with van der Waals surface area (Å²) < 4.78 is 10.4. The molecule has 4 N–H and O–H groups in total. The number of carbonyl (C=O) groups excluding carboxylic acids is 2. The molecule has 6 nitrogen and oxygen atoms in total. The van der Waals surface area contributed by atoms with Gasteiger partial charge in [-0.1, -0.05) is 13.2 Å². The fourth-order valence-corrected chi connectivity index (χ4v) is 1.99. The zero-order valence-electron chi connectivity index (χ0n) is 12.8. The molecule has 0 aliphatic carbocycles. The van der Waals surface area contributed by atoms with E-state index in [1.807, 2.05) is 0 Å². The predicted octanol–water partition coefficient (Wildman–Crippen LogP) is 2.70. The predicted molar refractivity (Wildman–Crippen MR) is 92.4 cm³/mol. The van der Waals surface area contributed by atoms with Crippen molar-refractivity contribution >= 4 is 23.3 Å². The van der Waals surface area contributed by atoms with Gasteiger partial charge in [0.25, 0.3) is 0 Å². The maximum atomic E-state index is 11.5. The van der Waals surface area contributed by atoms with Crippen molar-refractivity contribution in [1.29, 1.82) is 0 Å². The van der Waals surface area contributed by atoms with E-state index in [0.717, 1.165) is 12.2 Å². The van der Waals surface area contributed by atoms with Crippen molar-refractivity contribution in [3.63, 3.8) is 0 Å². The molecule has 6 heteroatoms. The van der Waals surface area contributed by atoms with Gasteiger partial charge in [0.1, 0.15) is 11.5 Å². The van der Waals surface area contributed by atoms with Gasteiger partial charge < -0.3 is 20.9 Å². The summed E-state index contributed by atoms with van der Waals surface area (Å²) in [6.07, 6.45) is 2.07. The Morgan fingerprint density at radius 1 is 0.792 bits per heavy atom. The van der Waals surface area contributed by atoms with E-state index < -0.39 is 11.9 Å². The molecule has 0 saturated heterocycles. The van der Waals surface area contributed by atoms with Gasteiger partial charge in [0.2, 0.25) is 0 Å². The first-order valence-electron chi connectivity index (χ1n) is 6.92. The van der Waals surface area contributed by atoms with Crippen molar-refractivity contribution < 1.29 is 19.1 Å². The SMILES string of the molecule is C=CC(=O)Oc1cc(N)ccc1-c1ccc(N)cc1OC(=O)C=C. The third-order valence-corrected chi connectivity index (χ3v) is 3.06. The number of hydrogen-bond acceptors (Lipinski definition) is 6. The zero-order chi connectivity index (χ0) is 17.7. The van der Waals surface area contributed by atoms with Gasteiger partial charge in [-0.2, -0.15) is 0 Å². The molecule has 2 aromatic carbocycles. The van der Waals surface area contributed by atoms with Crippen LogP contribution in [-0.4, -0.2) is 11.9 Å². The van der Waals surface area contributed by atoms with Gasteiger partial charge in [0.15, 0.2) is 0 Å². The van der Waals surface area contributed by atoms with Crippen molar-refractivity contribution in [3.8, 4) is 22.6 Å². The molecule has 122 valence electrons. The molecule has 0 saturated carbocycles. The van der Waals surface area contributed by atoms with Gasteiger partial charge in [0, 0.05) is 46.8 Å². The summed E-state index contributed by atoms with van der Waals surface area (Å²) in [5.74, 6) is -0.856. The minimum absolute atomic E-state index is 0.209. The molecule has 0 heterocycles. The summed E-state index contributed by atoms with van der Waals surface area (Å²) in [6, 6.07) is 9.56. The van der Waals surface area contributed by atoms with Crippen molar-refractivity contribution in [2.45, 2.75) is 0 Å². The first kappa shape index (κ1) is 16.8. The number of benzene rings is 2. The van der Waals surface area contributed by atoms with Crippen molar-refractivity contribution in [1.82, 2.24) is 0 Å². The maximum absolute atomic E-state index is 11.5. The summed E-state index contributed by atoms with van der Waals surface area (Å²) in [5.41, 5.74) is 13.3. The van der Waals surface area contributed by atoms with Crippen molar-refractivity contribution in [2.75, 3.05) is 11.5 Å². The fourth-order valence-electron chi connectivity index (χ4n) is 1.99. The van der Waals surface area contributed by atoms with Crippen LogP contribution in [0.15, 0.2) is 61.7 Å². The van der Waals surface area contributed by atoms with Crippen LogP contribution in [-0.2, 0) is 9.59 Å². The number of rotatable bonds is 5. The van der Waals surface area contributed by atoms with Crippen LogP contribution >= 0.6 is 0 Å². The number of carbonyl (C=O) groups is 2. The molecule has 0 radical (unpaired) electrons. The number of anilines is 2. The highest BCUT2D eigenvalue weighted by Gasteiger charge is 2.16. The van der Waals surface area contributed by atoms with E-state index in [1.165, 1.54) is 12.1 Å². The minimum atomic E-state index is -0.637. The molecule has 0 aliphatic rings. The highest BCUT2D eigenvalue weighted by Crippen LogP contribution is 2.38. The van der Waals surface area contributed by atoms with Crippen LogP contribution in [0.2, 0.25) is 0 Å². The van der Waals surface area contributed by atoms with Gasteiger partial charge >= 0.3 is 11.9 Å². The zero-order valence-corrected chi connectivity index (χ0v) is 12.8. The Bertz CT molecular complexity index is 758. The van der Waals surface area contributed by atoms with Gasteiger partial charge in [-0.15, -0.1) is 0 Å². The Labute approximate surface area is 139 Å². The van der Waals surface area contributed by atoms with E-state index in [2.05, 4.69) is 13.2 Å². The quantitative estimate of drug-likeness (QED) is 0.379. The molecule has 0 fully saturated rings. The number of hydrogen-bond donors (Lipinski definition) is 2. The first-order chi connectivity index (χ1) is 11.4. The molecule has 0 unspecified atom stereocenters. The lowest BCUT2D eigenvalue weighted by Gasteiger charge is -2.14. The molecule has 2 aromatic rings. The number of nitrogen functional groups attached to an aromatic ring is 2. The normalized spacial score (nSPS) is 9.83. The number of ether oxygens (including phenoxy) is 2. The molecule has 2 rings (SSSR count). The number of esters is 2. The molecule has 24 heavy (non-hydrogen) atoms. The Hall–Kier alpha value is -3.54. The minimum Gasteiger partial charge on any atom is -0.423 e. The Balaban J connectivity index is 2.58. The van der Waals surface area contributed by atoms with Gasteiger partial charge in [-0.05, 0) is 24.3 Å². The summed E-state index contributed by atoms with van der Waals surface area (Å²) in [6.45, 7) is 6.72. The van der Waals surface area contributed by atoms with E-state index in [9.17, 15) is 9.59 Å². The molecular formula is C18H16N2O4. The topological polar surface area (TPSA) is 105 Å². The monoisotopic (exact) mass is 324 g/mol. The van der Waals surface area contributed by atoms with E-state index in [4.69, 9.17) is 20.9 Å². The Morgan fingerprint density at radius 3 is 1.50 bits per heavy atom. The van der Waals surface area contributed by atoms with E-state index >= 15 is 0 Å². The lowest BCUT2D eigenvalue weighted by molar-refractivity contribution is -0.129. The summed E-state index contributed by atoms with van der Waals surface area (Å²) in [5, 5.41) is 0. The van der Waals surface area contributed by atoms with Crippen LogP contribution in [0.5, 0.6) is 11.5 Å². The summed E-state index contributed by atoms with van der Waals surface area (Å²) in [4.78, 5) is 23.1. The first-order valence-corrected chi connectivity index (χ1v) is 6.92. The lowest BCUT2D eigenvalue weighted by atomic mass is 10.0. The second-order valence-corrected chi connectivity index (χ2v) is 4.76. The van der Waals surface area contributed by atoms with Crippen LogP contribution in [0, 0.1) is 0 Å². The van der Waals surface area contributed by atoms with Crippen LogP contribution < -0.4 is 20.9 Å². The summed E-state index contributed by atoms with van der Waals surface area (Å²) in [7, 11) is 0. The Kier molecular flexibility index (Phi) is 5.01. The van der Waals surface area contributed by atoms with E-state index in [-0.39, 0.29) is 11.5 Å². The Morgan fingerprint density at radius 2 is 1.17 bits per heavy atom.